The molecule has 0 aliphatic heterocycles. The zero-order valence-corrected chi connectivity index (χ0v) is 8.88. The fourth-order valence-corrected chi connectivity index (χ4v) is 0.490. The normalized spacial score (nSPS) is 9.33. The lowest BCUT2D eigenvalue weighted by Gasteiger charge is -1.72. The van der Waals surface area contributed by atoms with E-state index in [2.05, 4.69) is 4.31 Å². The van der Waals surface area contributed by atoms with Crippen LogP contribution in [0.2, 0.25) is 0 Å². The highest BCUT2D eigenvalue weighted by molar-refractivity contribution is 7.44. The van der Waals surface area contributed by atoms with E-state index in [9.17, 15) is 18.9 Å². The fraction of sp³-hybridized carbons (Fsp3) is 1.00. The first-order valence-corrected chi connectivity index (χ1v) is 4.31. The van der Waals surface area contributed by atoms with Gasteiger partial charge in [-0.05, 0) is 16.1 Å². The Morgan fingerprint density at radius 1 is 1.25 bits per heavy atom. The van der Waals surface area contributed by atoms with Crippen molar-refractivity contribution < 1.29 is 28.3 Å². The van der Waals surface area contributed by atoms with Crippen molar-refractivity contribution >= 4 is 16.5 Å². The Hall–Kier alpha value is -0.0400. The van der Waals surface area contributed by atoms with Crippen LogP contribution in [0.1, 0.15) is 6.92 Å². The molecule has 0 aromatic rings. The van der Waals surface area contributed by atoms with Crippen LogP contribution >= 0.6 is 16.5 Å². The largest absolute Gasteiger partial charge is 0.563 e. The molecule has 0 aliphatic rings. The van der Waals surface area contributed by atoms with Gasteiger partial charge in [0.1, 0.15) is 4.31 Å². The second-order valence-corrected chi connectivity index (χ2v) is 2.39. The van der Waals surface area contributed by atoms with Crippen molar-refractivity contribution in [3.05, 3.63) is 0 Å². The van der Waals surface area contributed by atoms with Crippen LogP contribution in [0.5, 0.6) is 0 Å². The zero-order valence-electron chi connectivity index (χ0n) is 7.09. The summed E-state index contributed by atoms with van der Waals surface area (Å²) in [5, 5.41) is 7.57. The van der Waals surface area contributed by atoms with E-state index < -0.39 is 16.5 Å². The molecule has 8 nitrogen and oxygen atoms in total. The molecule has 0 saturated heterocycles. The molecule has 0 spiro atoms. The molecule has 0 saturated carbocycles. The molecule has 0 aromatic carbocycles. The predicted molar refractivity (Wildman–Crippen MR) is 41.0 cm³/mol. The van der Waals surface area contributed by atoms with Gasteiger partial charge in [0.15, 0.2) is 0 Å². The summed E-state index contributed by atoms with van der Waals surface area (Å²) < 4.78 is 21.6. The van der Waals surface area contributed by atoms with Gasteiger partial charge in [-0.1, -0.05) is 0 Å². The molecule has 76 valence electrons. The van der Waals surface area contributed by atoms with Crippen molar-refractivity contribution in [1.29, 1.82) is 0 Å². The maximum absolute atomic E-state index is 9.24. The van der Waals surface area contributed by atoms with Crippen LogP contribution in [0, 0.1) is 0 Å². The quantitative estimate of drug-likeness (QED) is 0.544. The molecule has 0 aromatic heterocycles. The van der Waals surface area contributed by atoms with Crippen molar-refractivity contribution in [2.45, 2.75) is 6.92 Å². The molecule has 0 bridgehead atoms. The summed E-state index contributed by atoms with van der Waals surface area (Å²) in [6.07, 6.45) is 0. The minimum atomic E-state index is -3.24. The molecule has 9 N–H and O–H groups in total. The Labute approximate surface area is 71.6 Å². The SMILES string of the molecule is CCO.O=[P+]([O-])O[P+](=O)[O-].[NH4+].[NH4+]. The average molecular weight is 224 g/mol. The highest BCUT2D eigenvalue weighted by atomic mass is 31.2. The number of aliphatic hydroxyl groups is 1. The molecular weight excluding hydrogens is 210 g/mol. The monoisotopic (exact) mass is 224 g/mol. The van der Waals surface area contributed by atoms with Crippen molar-refractivity contribution in [3.63, 3.8) is 0 Å². The van der Waals surface area contributed by atoms with Crippen LogP contribution in [0.4, 0.5) is 0 Å². The Bertz CT molecular complexity index is 108. The third-order valence-corrected chi connectivity index (χ3v) is 1.20. The molecule has 2 atom stereocenters. The van der Waals surface area contributed by atoms with Crippen LogP contribution in [-0.4, -0.2) is 11.7 Å². The molecule has 12 heavy (non-hydrogen) atoms. The van der Waals surface area contributed by atoms with E-state index in [0.29, 0.717) is 0 Å². The summed E-state index contributed by atoms with van der Waals surface area (Å²) in [5.74, 6) is 0. The number of aliphatic hydroxyl groups excluding tert-OH is 1. The van der Waals surface area contributed by atoms with Gasteiger partial charge in [0.05, 0.1) is 0 Å². The third-order valence-electron chi connectivity index (χ3n) is 0.133. The maximum atomic E-state index is 9.24. The van der Waals surface area contributed by atoms with Crippen LogP contribution in [0.25, 0.3) is 0 Å². The summed E-state index contributed by atoms with van der Waals surface area (Å²) in [7, 11) is -6.47. The summed E-state index contributed by atoms with van der Waals surface area (Å²) in [6.45, 7) is 1.93. The van der Waals surface area contributed by atoms with Gasteiger partial charge in [-0.25, -0.2) is 0 Å². The molecule has 0 amide bonds. The van der Waals surface area contributed by atoms with Gasteiger partial charge >= 0.3 is 16.5 Å². The lowest BCUT2D eigenvalue weighted by molar-refractivity contribution is -0.198. The summed E-state index contributed by atoms with van der Waals surface area (Å²) in [5.41, 5.74) is 0. The van der Waals surface area contributed by atoms with Crippen LogP contribution in [0.15, 0.2) is 0 Å². The van der Waals surface area contributed by atoms with E-state index in [1.165, 1.54) is 0 Å². The maximum Gasteiger partial charge on any atom is 0.543 e. The Morgan fingerprint density at radius 3 is 1.42 bits per heavy atom. The zero-order chi connectivity index (χ0) is 8.57. The molecule has 2 unspecified atom stereocenters. The topological polar surface area (TPSA) is 183 Å². The third kappa shape index (κ3) is 51.0. The molecule has 0 heterocycles. The van der Waals surface area contributed by atoms with Gasteiger partial charge < -0.3 is 27.2 Å². The number of hydrogen-bond acceptors (Lipinski definition) is 6. The van der Waals surface area contributed by atoms with Crippen LogP contribution in [0.3, 0.4) is 0 Å². The highest BCUT2D eigenvalue weighted by Crippen LogP contribution is 2.24. The average Bonchev–Trinajstić information content (AvgIpc) is 1.62. The van der Waals surface area contributed by atoms with E-state index in [1.807, 2.05) is 0 Å². The van der Waals surface area contributed by atoms with Gasteiger partial charge in [0, 0.05) is 6.61 Å². The molecule has 0 radical (unpaired) electrons. The van der Waals surface area contributed by atoms with E-state index in [1.54, 1.807) is 6.92 Å². The minimum Gasteiger partial charge on any atom is -0.563 e. The fourth-order valence-electron chi connectivity index (χ4n) is 0.0544. The van der Waals surface area contributed by atoms with E-state index >= 15 is 0 Å². The Balaban J connectivity index is -0.0000000569. The molecular formula is C2H14N2O6P2+2. The lowest BCUT2D eigenvalue weighted by Crippen LogP contribution is -1.90. The standard InChI is InChI=1S/C2H6O.2H3N.O5P2/c1-2-3;;;1-6(2)5-7(3)4/h3H,2H2,1H3;2*1H3;/p+2. The van der Waals surface area contributed by atoms with Gasteiger partial charge in [-0.2, -0.15) is 0 Å². The second kappa shape index (κ2) is 17.2. The van der Waals surface area contributed by atoms with Gasteiger partial charge in [0.25, 0.3) is 0 Å². The number of hydrogen-bond donors (Lipinski definition) is 3. The molecule has 0 aliphatic carbocycles. The van der Waals surface area contributed by atoms with E-state index in [4.69, 9.17) is 5.11 Å². The number of quaternary nitrogens is 2. The summed E-state index contributed by atoms with van der Waals surface area (Å²) in [6, 6.07) is 0. The number of rotatable bonds is 2. The lowest BCUT2D eigenvalue weighted by atomic mass is 10.9. The van der Waals surface area contributed by atoms with Crippen LogP contribution in [-0.2, 0) is 13.4 Å². The first-order valence-electron chi connectivity index (χ1n) is 2.12. The van der Waals surface area contributed by atoms with Crippen molar-refractivity contribution in [1.82, 2.24) is 12.3 Å². The molecule has 0 rings (SSSR count). The van der Waals surface area contributed by atoms with Gasteiger partial charge in [0.2, 0.25) is 0 Å². The first-order chi connectivity index (χ1) is 4.54. The van der Waals surface area contributed by atoms with Crippen LogP contribution < -0.4 is 22.1 Å². The van der Waals surface area contributed by atoms with Crippen molar-refractivity contribution in [2.75, 3.05) is 6.61 Å². The van der Waals surface area contributed by atoms with Crippen molar-refractivity contribution in [3.8, 4) is 0 Å². The Morgan fingerprint density at radius 2 is 1.42 bits per heavy atom. The van der Waals surface area contributed by atoms with E-state index in [0.717, 1.165) is 0 Å². The smallest absolute Gasteiger partial charge is 0.543 e. The molecule has 10 heteroatoms. The van der Waals surface area contributed by atoms with Crippen molar-refractivity contribution in [2.24, 2.45) is 0 Å². The molecule has 0 fully saturated rings. The Kier molecular flexibility index (Phi) is 32.4. The second-order valence-electron chi connectivity index (χ2n) is 0.845. The van der Waals surface area contributed by atoms with Gasteiger partial charge in [-0.15, -0.1) is 0 Å². The highest BCUT2D eigenvalue weighted by Gasteiger charge is 2.13. The minimum absolute atomic E-state index is 0. The van der Waals surface area contributed by atoms with Gasteiger partial charge in [-0.3, -0.25) is 0 Å². The summed E-state index contributed by atoms with van der Waals surface area (Å²) >= 11 is 0. The van der Waals surface area contributed by atoms with E-state index in [-0.39, 0.29) is 18.9 Å². The predicted octanol–water partition coefficient (Wildman–Crippen LogP) is -0.211. The summed E-state index contributed by atoms with van der Waals surface area (Å²) in [4.78, 5) is 18.5. The first kappa shape index (κ1) is 22.7.